The van der Waals surface area contributed by atoms with E-state index in [1.54, 1.807) is 49.4 Å². The van der Waals surface area contributed by atoms with Gasteiger partial charge in [0.2, 0.25) is 11.8 Å². The number of carbonyl (C=O) groups is 4. The molecule has 1 heterocycles. The molecule has 1 fully saturated rings. The summed E-state index contributed by atoms with van der Waals surface area (Å²) < 4.78 is 5.08. The third-order valence-corrected chi connectivity index (χ3v) is 6.02. The molecule has 0 radical (unpaired) electrons. The Kier molecular flexibility index (Phi) is 7.38. The molecule has 3 aromatic carbocycles. The van der Waals surface area contributed by atoms with Gasteiger partial charge in [-0.2, -0.15) is 0 Å². The SMILES string of the molecule is Cc1ccc(N2C[C@@H](C(=O)Nc3ccc(C(=O)OCC(=O)c4ccccc4)cc3)CC2=O)cc1[N+](=O)[O-]. The topological polar surface area (TPSA) is 136 Å². The van der Waals surface area contributed by atoms with Gasteiger partial charge < -0.3 is 15.0 Å². The van der Waals surface area contributed by atoms with Gasteiger partial charge in [0.25, 0.3) is 5.69 Å². The number of amides is 2. The minimum absolute atomic E-state index is 0.0344. The molecule has 1 saturated heterocycles. The van der Waals surface area contributed by atoms with E-state index in [9.17, 15) is 29.3 Å². The van der Waals surface area contributed by atoms with Crippen molar-refractivity contribution in [1.29, 1.82) is 0 Å². The van der Waals surface area contributed by atoms with Crippen LogP contribution >= 0.6 is 0 Å². The molecule has 188 valence electrons. The fourth-order valence-corrected chi connectivity index (χ4v) is 3.95. The highest BCUT2D eigenvalue weighted by molar-refractivity contribution is 6.04. The summed E-state index contributed by atoms with van der Waals surface area (Å²) in [5.41, 5.74) is 1.82. The molecule has 1 N–H and O–H groups in total. The molecule has 3 aromatic rings. The van der Waals surface area contributed by atoms with E-state index in [4.69, 9.17) is 4.74 Å². The van der Waals surface area contributed by atoms with E-state index in [2.05, 4.69) is 5.32 Å². The van der Waals surface area contributed by atoms with Crippen LogP contribution < -0.4 is 10.2 Å². The van der Waals surface area contributed by atoms with Crippen molar-refractivity contribution in [2.24, 2.45) is 5.92 Å². The number of nitro groups is 1. The molecule has 0 aliphatic carbocycles. The van der Waals surface area contributed by atoms with Crippen LogP contribution in [0.5, 0.6) is 0 Å². The second-order valence-electron chi connectivity index (χ2n) is 8.57. The van der Waals surface area contributed by atoms with Crippen LogP contribution in [0.4, 0.5) is 17.1 Å². The molecule has 1 atom stereocenters. The summed E-state index contributed by atoms with van der Waals surface area (Å²) in [7, 11) is 0. The average molecular weight is 501 g/mol. The number of carbonyl (C=O) groups excluding carboxylic acids is 4. The first kappa shape index (κ1) is 25.2. The molecular weight excluding hydrogens is 478 g/mol. The molecule has 2 amide bonds. The summed E-state index contributed by atoms with van der Waals surface area (Å²) in [6.07, 6.45) is -0.0344. The quantitative estimate of drug-likeness (QED) is 0.214. The Morgan fingerprint density at radius 1 is 1.03 bits per heavy atom. The van der Waals surface area contributed by atoms with Gasteiger partial charge in [0.05, 0.1) is 22.1 Å². The predicted octanol–water partition coefficient (Wildman–Crippen LogP) is 3.93. The largest absolute Gasteiger partial charge is 0.454 e. The fraction of sp³-hybridized carbons (Fsp3) is 0.185. The Labute approximate surface area is 212 Å². The lowest BCUT2D eigenvalue weighted by molar-refractivity contribution is -0.385. The number of aryl methyl sites for hydroxylation is 1. The number of ether oxygens (including phenoxy) is 1. The van der Waals surface area contributed by atoms with Crippen molar-refractivity contribution >= 4 is 40.6 Å². The zero-order chi connectivity index (χ0) is 26.5. The summed E-state index contributed by atoms with van der Waals surface area (Å²) >= 11 is 0. The van der Waals surface area contributed by atoms with E-state index < -0.39 is 23.4 Å². The van der Waals surface area contributed by atoms with Gasteiger partial charge in [-0.05, 0) is 37.3 Å². The monoisotopic (exact) mass is 501 g/mol. The molecule has 0 aromatic heterocycles. The smallest absolute Gasteiger partial charge is 0.338 e. The molecule has 0 spiro atoms. The number of benzene rings is 3. The number of nitrogens with zero attached hydrogens (tertiary/aromatic N) is 2. The Morgan fingerprint density at radius 2 is 1.73 bits per heavy atom. The lowest BCUT2D eigenvalue weighted by Crippen LogP contribution is -2.28. The van der Waals surface area contributed by atoms with Crippen LogP contribution in [0.2, 0.25) is 0 Å². The highest BCUT2D eigenvalue weighted by Crippen LogP contribution is 2.30. The summed E-state index contributed by atoms with van der Waals surface area (Å²) in [6, 6.07) is 19.0. The van der Waals surface area contributed by atoms with Gasteiger partial charge in [-0.3, -0.25) is 24.5 Å². The zero-order valence-electron chi connectivity index (χ0n) is 19.9. The second-order valence-corrected chi connectivity index (χ2v) is 8.57. The molecule has 1 aliphatic rings. The first-order valence-electron chi connectivity index (χ1n) is 11.4. The van der Waals surface area contributed by atoms with Gasteiger partial charge in [0, 0.05) is 35.8 Å². The van der Waals surface area contributed by atoms with E-state index in [0.29, 0.717) is 22.5 Å². The number of hydrogen-bond donors (Lipinski definition) is 1. The van der Waals surface area contributed by atoms with Crippen molar-refractivity contribution in [1.82, 2.24) is 0 Å². The van der Waals surface area contributed by atoms with Crippen molar-refractivity contribution in [2.75, 3.05) is 23.4 Å². The lowest BCUT2D eigenvalue weighted by Gasteiger charge is -2.17. The van der Waals surface area contributed by atoms with Crippen LogP contribution in [0.1, 0.15) is 32.7 Å². The number of Topliss-reactive ketones (excluding diaryl/α,β-unsaturated/α-hetero) is 1. The predicted molar refractivity (Wildman–Crippen MR) is 134 cm³/mol. The number of nitro benzene ring substituents is 1. The van der Waals surface area contributed by atoms with Gasteiger partial charge in [0.1, 0.15) is 0 Å². The maximum absolute atomic E-state index is 12.8. The molecule has 10 heteroatoms. The molecule has 37 heavy (non-hydrogen) atoms. The second kappa shape index (κ2) is 10.8. The summed E-state index contributed by atoms with van der Waals surface area (Å²) in [4.78, 5) is 61.8. The van der Waals surface area contributed by atoms with E-state index >= 15 is 0 Å². The summed E-state index contributed by atoms with van der Waals surface area (Å²) in [5, 5.41) is 14.0. The number of esters is 1. The number of ketones is 1. The molecule has 0 bridgehead atoms. The lowest BCUT2D eigenvalue weighted by atomic mass is 10.1. The van der Waals surface area contributed by atoms with Crippen molar-refractivity contribution in [3.05, 3.63) is 99.6 Å². The minimum Gasteiger partial charge on any atom is -0.454 e. The first-order chi connectivity index (χ1) is 17.7. The van der Waals surface area contributed by atoms with Crippen LogP contribution in [-0.2, 0) is 14.3 Å². The van der Waals surface area contributed by atoms with Crippen LogP contribution in [0.3, 0.4) is 0 Å². The van der Waals surface area contributed by atoms with Gasteiger partial charge in [0.15, 0.2) is 12.4 Å². The van der Waals surface area contributed by atoms with Crippen LogP contribution in [0.15, 0.2) is 72.8 Å². The van der Waals surface area contributed by atoms with Crippen molar-refractivity contribution < 1.29 is 28.8 Å². The summed E-state index contributed by atoms with van der Waals surface area (Å²) in [6.45, 7) is 1.31. The standard InChI is InChI=1S/C27H23N3O7/c1-17-7-12-22(14-23(17)30(35)36)29-15-20(13-25(29)32)26(33)28-21-10-8-19(9-11-21)27(34)37-16-24(31)18-5-3-2-4-6-18/h2-12,14,20H,13,15-16H2,1H3,(H,28,33)/t20-/m0/s1. The summed E-state index contributed by atoms with van der Waals surface area (Å²) in [5.74, 6) is -2.34. The highest BCUT2D eigenvalue weighted by atomic mass is 16.6. The first-order valence-corrected chi connectivity index (χ1v) is 11.4. The molecule has 4 rings (SSSR count). The highest BCUT2D eigenvalue weighted by Gasteiger charge is 2.35. The zero-order valence-corrected chi connectivity index (χ0v) is 19.9. The Morgan fingerprint density at radius 3 is 2.41 bits per heavy atom. The Balaban J connectivity index is 1.33. The van der Waals surface area contributed by atoms with Crippen LogP contribution in [0.25, 0.3) is 0 Å². The third-order valence-electron chi connectivity index (χ3n) is 6.02. The van der Waals surface area contributed by atoms with Crippen LogP contribution in [0, 0.1) is 23.0 Å². The van der Waals surface area contributed by atoms with Crippen molar-refractivity contribution in [3.8, 4) is 0 Å². The van der Waals surface area contributed by atoms with Gasteiger partial charge >= 0.3 is 5.97 Å². The van der Waals surface area contributed by atoms with E-state index in [1.807, 2.05) is 0 Å². The van der Waals surface area contributed by atoms with Gasteiger partial charge in [-0.15, -0.1) is 0 Å². The average Bonchev–Trinajstić information content (AvgIpc) is 3.29. The minimum atomic E-state index is -0.675. The van der Waals surface area contributed by atoms with Crippen molar-refractivity contribution in [2.45, 2.75) is 13.3 Å². The van der Waals surface area contributed by atoms with Gasteiger partial charge in [-0.1, -0.05) is 36.4 Å². The number of nitrogens with one attached hydrogen (secondary N) is 1. The maximum atomic E-state index is 12.8. The Bertz CT molecular complexity index is 1370. The third kappa shape index (κ3) is 5.87. The van der Waals surface area contributed by atoms with Gasteiger partial charge in [-0.25, -0.2) is 4.79 Å². The van der Waals surface area contributed by atoms with Crippen LogP contribution in [-0.4, -0.2) is 41.6 Å². The maximum Gasteiger partial charge on any atom is 0.338 e. The van der Waals surface area contributed by atoms with E-state index in [0.717, 1.165) is 0 Å². The molecule has 0 unspecified atom stereocenters. The normalized spacial score (nSPS) is 14.8. The molecule has 0 saturated carbocycles. The molecule has 1 aliphatic heterocycles. The van der Waals surface area contributed by atoms with Crippen molar-refractivity contribution in [3.63, 3.8) is 0 Å². The van der Waals surface area contributed by atoms with E-state index in [-0.39, 0.29) is 41.8 Å². The molecular formula is C27H23N3O7. The number of hydrogen-bond acceptors (Lipinski definition) is 7. The number of rotatable bonds is 8. The molecule has 10 nitrogen and oxygen atoms in total. The van der Waals surface area contributed by atoms with E-state index in [1.165, 1.54) is 35.2 Å². The number of anilines is 2. The fourth-order valence-electron chi connectivity index (χ4n) is 3.95. The Hall–Kier alpha value is -4.86.